The zero-order valence-corrected chi connectivity index (χ0v) is 14.0. The van der Waals surface area contributed by atoms with Crippen LogP contribution in [0.25, 0.3) is 0 Å². The standard InChI is InChI=1S/C13H24N4O2S2/c1-2-20-13-6-3-5-12(13)16-21(18,19)11-9-15-17(10-11)8-4-7-14/h9-10,12-13,16H,2-8,14H2,1H3. The summed E-state index contributed by atoms with van der Waals surface area (Å²) in [6, 6.07) is 0.0346. The zero-order valence-electron chi connectivity index (χ0n) is 12.4. The predicted molar refractivity (Wildman–Crippen MR) is 85.8 cm³/mol. The van der Waals surface area contributed by atoms with E-state index in [0.717, 1.165) is 31.4 Å². The lowest BCUT2D eigenvalue weighted by atomic mass is 10.3. The van der Waals surface area contributed by atoms with E-state index in [1.807, 2.05) is 11.8 Å². The monoisotopic (exact) mass is 332 g/mol. The van der Waals surface area contributed by atoms with Crippen molar-refractivity contribution < 1.29 is 8.42 Å². The Morgan fingerprint density at radius 2 is 2.33 bits per heavy atom. The number of aryl methyl sites for hydroxylation is 1. The van der Waals surface area contributed by atoms with Gasteiger partial charge in [-0.05, 0) is 31.6 Å². The minimum atomic E-state index is -3.48. The highest BCUT2D eigenvalue weighted by Gasteiger charge is 2.31. The maximum absolute atomic E-state index is 12.4. The van der Waals surface area contributed by atoms with Crippen LogP contribution in [-0.4, -0.2) is 41.8 Å². The van der Waals surface area contributed by atoms with Crippen LogP contribution in [0.4, 0.5) is 0 Å². The Morgan fingerprint density at radius 3 is 3.05 bits per heavy atom. The Bertz CT molecular complexity index is 544. The fraction of sp³-hybridized carbons (Fsp3) is 0.769. The van der Waals surface area contributed by atoms with Gasteiger partial charge in [0.1, 0.15) is 4.90 Å². The summed E-state index contributed by atoms with van der Waals surface area (Å²) < 4.78 is 29.3. The lowest BCUT2D eigenvalue weighted by molar-refractivity contribution is 0.554. The third-order valence-electron chi connectivity index (χ3n) is 3.65. The molecule has 1 heterocycles. The molecule has 0 saturated heterocycles. The summed E-state index contributed by atoms with van der Waals surface area (Å²) in [5.41, 5.74) is 5.45. The van der Waals surface area contributed by atoms with Crippen molar-refractivity contribution in [1.29, 1.82) is 0 Å². The van der Waals surface area contributed by atoms with Crippen molar-refractivity contribution in [3.8, 4) is 0 Å². The van der Waals surface area contributed by atoms with Crippen molar-refractivity contribution in [2.24, 2.45) is 5.73 Å². The fourth-order valence-corrected chi connectivity index (χ4v) is 5.15. The van der Waals surface area contributed by atoms with Crippen molar-refractivity contribution >= 4 is 21.8 Å². The van der Waals surface area contributed by atoms with Gasteiger partial charge >= 0.3 is 0 Å². The largest absolute Gasteiger partial charge is 0.330 e. The van der Waals surface area contributed by atoms with E-state index in [9.17, 15) is 8.42 Å². The molecular formula is C13H24N4O2S2. The van der Waals surface area contributed by atoms with E-state index in [1.54, 1.807) is 10.9 Å². The van der Waals surface area contributed by atoms with Crippen LogP contribution in [0.3, 0.4) is 0 Å². The van der Waals surface area contributed by atoms with Crippen molar-refractivity contribution in [3.05, 3.63) is 12.4 Å². The molecule has 1 aromatic heterocycles. The van der Waals surface area contributed by atoms with E-state index < -0.39 is 10.0 Å². The maximum atomic E-state index is 12.4. The van der Waals surface area contributed by atoms with Crippen molar-refractivity contribution in [1.82, 2.24) is 14.5 Å². The van der Waals surface area contributed by atoms with E-state index in [-0.39, 0.29) is 10.9 Å². The summed E-state index contributed by atoms with van der Waals surface area (Å²) in [6.07, 6.45) is 6.86. The highest BCUT2D eigenvalue weighted by molar-refractivity contribution is 8.00. The number of nitrogens with one attached hydrogen (secondary N) is 1. The van der Waals surface area contributed by atoms with Crippen LogP contribution < -0.4 is 10.5 Å². The number of hydrogen-bond acceptors (Lipinski definition) is 5. The molecule has 0 bridgehead atoms. The summed E-state index contributed by atoms with van der Waals surface area (Å²) in [7, 11) is -3.48. The molecule has 1 aliphatic rings. The van der Waals surface area contributed by atoms with Gasteiger partial charge in [0.25, 0.3) is 0 Å². The van der Waals surface area contributed by atoms with Crippen molar-refractivity contribution in [3.63, 3.8) is 0 Å². The summed E-state index contributed by atoms with van der Waals surface area (Å²) in [6.45, 7) is 3.32. The average molecular weight is 332 g/mol. The molecule has 1 fully saturated rings. The van der Waals surface area contributed by atoms with Gasteiger partial charge in [-0.25, -0.2) is 13.1 Å². The molecule has 8 heteroatoms. The molecule has 0 radical (unpaired) electrons. The summed E-state index contributed by atoms with van der Waals surface area (Å²) in [5, 5.41) is 4.47. The second-order valence-electron chi connectivity index (χ2n) is 5.23. The minimum absolute atomic E-state index is 0.0346. The van der Waals surface area contributed by atoms with Gasteiger partial charge in [-0.2, -0.15) is 16.9 Å². The SMILES string of the molecule is CCSC1CCCC1NS(=O)(=O)c1cnn(CCCN)c1. The third kappa shape index (κ3) is 4.45. The molecule has 3 N–H and O–H groups in total. The lowest BCUT2D eigenvalue weighted by Crippen LogP contribution is -2.38. The van der Waals surface area contributed by atoms with E-state index >= 15 is 0 Å². The maximum Gasteiger partial charge on any atom is 0.243 e. The van der Waals surface area contributed by atoms with Crippen LogP contribution in [-0.2, 0) is 16.6 Å². The first-order chi connectivity index (χ1) is 10.1. The Balaban J connectivity index is 2.02. The molecule has 21 heavy (non-hydrogen) atoms. The molecule has 0 amide bonds. The molecule has 1 aliphatic carbocycles. The number of hydrogen-bond donors (Lipinski definition) is 2. The van der Waals surface area contributed by atoms with Crippen LogP contribution >= 0.6 is 11.8 Å². The molecule has 0 aliphatic heterocycles. The topological polar surface area (TPSA) is 90.0 Å². The zero-order chi connectivity index (χ0) is 15.3. The van der Waals surface area contributed by atoms with Gasteiger partial charge in [0.15, 0.2) is 0 Å². The Labute approximate surface area is 130 Å². The number of rotatable bonds is 8. The first-order valence-electron chi connectivity index (χ1n) is 7.43. The predicted octanol–water partition coefficient (Wildman–Crippen LogP) is 1.18. The second-order valence-corrected chi connectivity index (χ2v) is 8.46. The molecule has 120 valence electrons. The third-order valence-corrected chi connectivity index (χ3v) is 6.42. The van der Waals surface area contributed by atoms with E-state index in [4.69, 9.17) is 5.73 Å². The number of nitrogens with zero attached hydrogens (tertiary/aromatic N) is 2. The molecule has 2 atom stereocenters. The summed E-state index contributed by atoms with van der Waals surface area (Å²) in [4.78, 5) is 0.242. The van der Waals surface area contributed by atoms with Gasteiger partial charge in [-0.15, -0.1) is 0 Å². The molecular weight excluding hydrogens is 308 g/mol. The number of nitrogens with two attached hydrogens (primary N) is 1. The van der Waals surface area contributed by atoms with Gasteiger partial charge in [-0.3, -0.25) is 4.68 Å². The van der Waals surface area contributed by atoms with E-state index in [2.05, 4.69) is 16.7 Å². The van der Waals surface area contributed by atoms with Gasteiger partial charge in [-0.1, -0.05) is 13.3 Å². The average Bonchev–Trinajstić information content (AvgIpc) is 3.07. The van der Waals surface area contributed by atoms with Gasteiger partial charge in [0, 0.05) is 24.0 Å². The molecule has 0 spiro atoms. The van der Waals surface area contributed by atoms with Crippen LogP contribution in [0.15, 0.2) is 17.3 Å². The first-order valence-corrected chi connectivity index (χ1v) is 9.96. The van der Waals surface area contributed by atoms with E-state index in [0.29, 0.717) is 18.3 Å². The Hall–Kier alpha value is -0.570. The highest BCUT2D eigenvalue weighted by atomic mass is 32.2. The smallest absolute Gasteiger partial charge is 0.243 e. The minimum Gasteiger partial charge on any atom is -0.330 e. The fourth-order valence-electron chi connectivity index (χ4n) is 2.60. The Kier molecular flexibility index (Phi) is 6.09. The molecule has 2 unspecified atom stereocenters. The first kappa shape index (κ1) is 16.8. The molecule has 6 nitrogen and oxygen atoms in total. The number of sulfonamides is 1. The van der Waals surface area contributed by atoms with Crippen molar-refractivity contribution in [2.75, 3.05) is 12.3 Å². The quantitative estimate of drug-likeness (QED) is 0.746. The van der Waals surface area contributed by atoms with Crippen LogP contribution in [0, 0.1) is 0 Å². The van der Waals surface area contributed by atoms with Gasteiger partial charge in [0.05, 0.1) is 6.20 Å². The number of thioether (sulfide) groups is 1. The molecule has 0 aromatic carbocycles. The summed E-state index contributed by atoms with van der Waals surface area (Å²) in [5.74, 6) is 1.01. The van der Waals surface area contributed by atoms with E-state index in [1.165, 1.54) is 6.20 Å². The summed E-state index contributed by atoms with van der Waals surface area (Å²) >= 11 is 1.84. The van der Waals surface area contributed by atoms with Crippen LogP contribution in [0.5, 0.6) is 0 Å². The molecule has 1 aromatic rings. The van der Waals surface area contributed by atoms with Crippen molar-refractivity contribution in [2.45, 2.75) is 55.3 Å². The normalized spacial score (nSPS) is 22.8. The number of aromatic nitrogens is 2. The van der Waals surface area contributed by atoms with Gasteiger partial charge in [0.2, 0.25) is 10.0 Å². The van der Waals surface area contributed by atoms with Gasteiger partial charge < -0.3 is 5.73 Å². The van der Waals surface area contributed by atoms with Crippen LogP contribution in [0.1, 0.15) is 32.6 Å². The second kappa shape index (κ2) is 7.62. The molecule has 1 saturated carbocycles. The lowest BCUT2D eigenvalue weighted by Gasteiger charge is -2.19. The highest BCUT2D eigenvalue weighted by Crippen LogP contribution is 2.30. The molecule has 2 rings (SSSR count). The van der Waals surface area contributed by atoms with Crippen LogP contribution in [0.2, 0.25) is 0 Å². The Morgan fingerprint density at radius 1 is 1.52 bits per heavy atom.